The molecule has 0 aromatic rings. The van der Waals surface area contributed by atoms with E-state index in [1.165, 1.54) is 0 Å². The molecule has 0 aromatic carbocycles. The van der Waals surface area contributed by atoms with Gasteiger partial charge in [0.05, 0.1) is 65.9 Å². The summed E-state index contributed by atoms with van der Waals surface area (Å²) < 4.78 is 13.8. The van der Waals surface area contributed by atoms with Crippen molar-refractivity contribution >= 4 is 10.8 Å². The molecule has 0 N–H and O–H groups in total. The third-order valence-corrected chi connectivity index (χ3v) is 4.65. The first-order chi connectivity index (χ1) is 7.22. The average molecular weight is 250 g/mol. The van der Waals surface area contributed by atoms with Gasteiger partial charge in [-0.1, -0.05) is 0 Å². The van der Waals surface area contributed by atoms with E-state index >= 15 is 0 Å². The number of rotatable bonds is 8. The SMILES string of the molecule is CC[N+](C)(CC)CCS(=O)CC[N+](C)(C)C. The molecule has 4 heteroatoms. The molecule has 0 rings (SSSR count). The van der Waals surface area contributed by atoms with E-state index in [4.69, 9.17) is 0 Å². The average Bonchev–Trinajstić information content (AvgIpc) is 2.22. The van der Waals surface area contributed by atoms with Crippen molar-refractivity contribution in [3.8, 4) is 0 Å². The van der Waals surface area contributed by atoms with Crippen molar-refractivity contribution in [3.05, 3.63) is 0 Å². The standard InChI is InChI=1S/C12H30N2OS/c1-7-14(6,8-2)10-12-16(15)11-9-13(3,4)5/h7-12H2,1-6H3/q+2. The molecule has 1 unspecified atom stereocenters. The third kappa shape index (κ3) is 7.36. The van der Waals surface area contributed by atoms with Crippen LogP contribution in [0.2, 0.25) is 0 Å². The van der Waals surface area contributed by atoms with Crippen LogP contribution in [0.1, 0.15) is 13.8 Å². The molecule has 0 aliphatic rings. The lowest BCUT2D eigenvalue weighted by atomic mass is 10.4. The number of nitrogens with zero attached hydrogens (tertiary/aromatic N) is 2. The molecule has 98 valence electrons. The van der Waals surface area contributed by atoms with Gasteiger partial charge in [-0.25, -0.2) is 0 Å². The Morgan fingerprint density at radius 2 is 1.31 bits per heavy atom. The van der Waals surface area contributed by atoms with E-state index in [2.05, 4.69) is 42.0 Å². The third-order valence-electron chi connectivity index (χ3n) is 3.38. The highest BCUT2D eigenvalue weighted by atomic mass is 32.2. The Balaban J connectivity index is 3.90. The second kappa shape index (κ2) is 6.72. The molecule has 0 heterocycles. The molecule has 0 fully saturated rings. The Kier molecular flexibility index (Phi) is 6.75. The Morgan fingerprint density at radius 3 is 1.69 bits per heavy atom. The van der Waals surface area contributed by atoms with E-state index in [9.17, 15) is 4.21 Å². The van der Waals surface area contributed by atoms with Crippen LogP contribution in [-0.2, 0) is 10.8 Å². The maximum absolute atomic E-state index is 11.9. The first kappa shape index (κ1) is 16.1. The largest absolute Gasteiger partial charge is 0.330 e. The molecule has 1 atom stereocenters. The summed E-state index contributed by atoms with van der Waals surface area (Å²) in [7, 11) is 8.04. The molecular weight excluding hydrogens is 220 g/mol. The minimum absolute atomic E-state index is 0.647. The Labute approximate surface area is 104 Å². The van der Waals surface area contributed by atoms with Crippen LogP contribution in [0.5, 0.6) is 0 Å². The van der Waals surface area contributed by atoms with Crippen LogP contribution in [0.15, 0.2) is 0 Å². The summed E-state index contributed by atoms with van der Waals surface area (Å²) in [4.78, 5) is 0. The van der Waals surface area contributed by atoms with Gasteiger partial charge in [-0.15, -0.1) is 0 Å². The molecule has 0 aliphatic heterocycles. The van der Waals surface area contributed by atoms with E-state index < -0.39 is 10.8 Å². The van der Waals surface area contributed by atoms with Gasteiger partial charge in [0, 0.05) is 10.8 Å². The lowest BCUT2D eigenvalue weighted by Crippen LogP contribution is -2.46. The molecular formula is C12H30N2OS+2. The van der Waals surface area contributed by atoms with Gasteiger partial charge in [-0.05, 0) is 13.8 Å². The van der Waals surface area contributed by atoms with Crippen LogP contribution in [0.4, 0.5) is 0 Å². The molecule has 0 saturated carbocycles. The fraction of sp³-hybridized carbons (Fsp3) is 1.00. The van der Waals surface area contributed by atoms with Crippen molar-refractivity contribution < 1.29 is 13.2 Å². The van der Waals surface area contributed by atoms with Crippen LogP contribution in [0.25, 0.3) is 0 Å². The molecule has 0 aliphatic carbocycles. The lowest BCUT2D eigenvalue weighted by molar-refractivity contribution is -0.903. The van der Waals surface area contributed by atoms with E-state index in [0.29, 0.717) is 0 Å². The van der Waals surface area contributed by atoms with Crippen LogP contribution in [0, 0.1) is 0 Å². The monoisotopic (exact) mass is 250 g/mol. The molecule has 0 spiro atoms. The van der Waals surface area contributed by atoms with Gasteiger partial charge in [0.25, 0.3) is 0 Å². The smallest absolute Gasteiger partial charge is 0.0901 e. The minimum atomic E-state index is -0.647. The summed E-state index contributed by atoms with van der Waals surface area (Å²) in [6, 6.07) is 0. The second-order valence-electron chi connectivity index (χ2n) is 5.84. The summed E-state index contributed by atoms with van der Waals surface area (Å²) in [5.41, 5.74) is 0. The Hall–Kier alpha value is 0.0700. The van der Waals surface area contributed by atoms with Gasteiger partial charge in [0.2, 0.25) is 0 Å². The fourth-order valence-electron chi connectivity index (χ4n) is 1.34. The number of hydrogen-bond donors (Lipinski definition) is 0. The first-order valence-electron chi connectivity index (χ1n) is 6.21. The van der Waals surface area contributed by atoms with Crippen molar-refractivity contribution in [2.24, 2.45) is 0 Å². The second-order valence-corrected chi connectivity index (χ2v) is 7.53. The van der Waals surface area contributed by atoms with Crippen LogP contribution in [-0.4, -0.2) is 79.1 Å². The molecule has 16 heavy (non-hydrogen) atoms. The highest BCUT2D eigenvalue weighted by molar-refractivity contribution is 7.85. The summed E-state index contributed by atoms with van der Waals surface area (Å²) in [6.07, 6.45) is 0. The van der Waals surface area contributed by atoms with Crippen molar-refractivity contribution in [3.63, 3.8) is 0 Å². The van der Waals surface area contributed by atoms with Crippen LogP contribution < -0.4 is 0 Å². The molecule has 0 aromatic heterocycles. The maximum Gasteiger partial charge on any atom is 0.0901 e. The fourth-order valence-corrected chi connectivity index (χ4v) is 2.94. The van der Waals surface area contributed by atoms with Gasteiger partial charge >= 0.3 is 0 Å². The normalized spacial score (nSPS) is 15.1. The Morgan fingerprint density at radius 1 is 0.875 bits per heavy atom. The Bertz CT molecular complexity index is 220. The predicted octanol–water partition coefficient (Wildman–Crippen LogP) is 0.928. The quantitative estimate of drug-likeness (QED) is 0.586. The summed E-state index contributed by atoms with van der Waals surface area (Å²) in [6.45, 7) is 8.70. The van der Waals surface area contributed by atoms with E-state index in [-0.39, 0.29) is 0 Å². The summed E-state index contributed by atoms with van der Waals surface area (Å²) >= 11 is 0. The van der Waals surface area contributed by atoms with Gasteiger partial charge < -0.3 is 8.97 Å². The lowest BCUT2D eigenvalue weighted by Gasteiger charge is -2.32. The van der Waals surface area contributed by atoms with E-state index in [0.717, 1.165) is 46.7 Å². The van der Waals surface area contributed by atoms with E-state index in [1.54, 1.807) is 0 Å². The molecule has 0 bridgehead atoms. The topological polar surface area (TPSA) is 17.1 Å². The number of quaternary nitrogens is 2. The van der Waals surface area contributed by atoms with Crippen molar-refractivity contribution in [2.45, 2.75) is 13.8 Å². The highest BCUT2D eigenvalue weighted by Gasteiger charge is 2.18. The molecule has 0 saturated heterocycles. The molecule has 0 radical (unpaired) electrons. The van der Waals surface area contributed by atoms with Crippen molar-refractivity contribution in [1.82, 2.24) is 0 Å². The van der Waals surface area contributed by atoms with Crippen molar-refractivity contribution in [2.75, 3.05) is 65.9 Å². The molecule has 3 nitrogen and oxygen atoms in total. The molecule has 0 amide bonds. The highest BCUT2D eigenvalue weighted by Crippen LogP contribution is 2.02. The summed E-state index contributed by atoms with van der Waals surface area (Å²) in [5, 5.41) is 0. The zero-order valence-corrected chi connectivity index (χ0v) is 12.8. The maximum atomic E-state index is 11.9. The van der Waals surface area contributed by atoms with Crippen molar-refractivity contribution in [1.29, 1.82) is 0 Å². The van der Waals surface area contributed by atoms with Gasteiger partial charge in [-0.2, -0.15) is 0 Å². The van der Waals surface area contributed by atoms with Gasteiger partial charge in [-0.3, -0.25) is 4.21 Å². The van der Waals surface area contributed by atoms with Gasteiger partial charge in [0.1, 0.15) is 0 Å². The van der Waals surface area contributed by atoms with Crippen LogP contribution in [0.3, 0.4) is 0 Å². The van der Waals surface area contributed by atoms with E-state index in [1.807, 2.05) is 0 Å². The van der Waals surface area contributed by atoms with Gasteiger partial charge in [0.15, 0.2) is 0 Å². The number of hydrogen-bond acceptors (Lipinski definition) is 1. The zero-order chi connectivity index (χ0) is 12.8. The summed E-state index contributed by atoms with van der Waals surface area (Å²) in [5.74, 6) is 1.68. The van der Waals surface area contributed by atoms with Crippen LogP contribution >= 0.6 is 0 Å². The zero-order valence-electron chi connectivity index (χ0n) is 12.0. The first-order valence-corrected chi connectivity index (χ1v) is 7.70. The minimum Gasteiger partial charge on any atom is -0.330 e. The predicted molar refractivity (Wildman–Crippen MR) is 72.9 cm³/mol.